The van der Waals surface area contributed by atoms with E-state index in [1.165, 1.54) is 20.3 Å². The minimum atomic E-state index is -3.64. The molecule has 0 saturated heterocycles. The number of methoxy groups -OCH3 is 2. The smallest absolute Gasteiger partial charge is 0.240 e. The van der Waals surface area contributed by atoms with Crippen LogP contribution in [-0.2, 0) is 32.5 Å². The topological polar surface area (TPSA) is 84.9 Å². The van der Waals surface area contributed by atoms with Crippen molar-refractivity contribution in [1.29, 1.82) is 0 Å². The highest BCUT2D eigenvalue weighted by Crippen LogP contribution is 2.17. The number of hydrogen-bond acceptors (Lipinski definition) is 5. The maximum Gasteiger partial charge on any atom is 0.240 e. The summed E-state index contributed by atoms with van der Waals surface area (Å²) in [6.07, 6.45) is 0.389. The summed E-state index contributed by atoms with van der Waals surface area (Å²) >= 11 is 0. The molecule has 0 spiro atoms. The lowest BCUT2D eigenvalue weighted by Gasteiger charge is -2.16. The van der Waals surface area contributed by atoms with E-state index in [-0.39, 0.29) is 24.2 Å². The van der Waals surface area contributed by atoms with E-state index in [1.807, 2.05) is 6.92 Å². The molecule has 1 aromatic rings. The predicted molar refractivity (Wildman–Crippen MR) is 79.6 cm³/mol. The Morgan fingerprint density at radius 1 is 1.29 bits per heavy atom. The number of ether oxygens (including phenoxy) is 2. The SMILES string of the molecule is CCc1ccc(S(=O)(=O)NCC(COC)OC)cc1CO. The number of nitrogens with one attached hydrogen (secondary N) is 1. The average Bonchev–Trinajstić information content (AvgIpc) is 2.50. The van der Waals surface area contributed by atoms with Gasteiger partial charge in [-0.3, -0.25) is 0 Å². The van der Waals surface area contributed by atoms with Gasteiger partial charge in [-0.05, 0) is 29.7 Å². The van der Waals surface area contributed by atoms with Gasteiger partial charge in [-0.15, -0.1) is 0 Å². The van der Waals surface area contributed by atoms with E-state index in [1.54, 1.807) is 12.1 Å². The quantitative estimate of drug-likeness (QED) is 0.700. The number of aryl methyl sites for hydroxylation is 1. The number of rotatable bonds is 9. The Bertz CT molecular complexity index is 544. The summed E-state index contributed by atoms with van der Waals surface area (Å²) in [4.78, 5) is 0.135. The van der Waals surface area contributed by atoms with E-state index >= 15 is 0 Å². The van der Waals surface area contributed by atoms with Crippen LogP contribution in [0.5, 0.6) is 0 Å². The van der Waals surface area contributed by atoms with Crippen LogP contribution in [0.15, 0.2) is 23.1 Å². The molecule has 1 rings (SSSR count). The highest BCUT2D eigenvalue weighted by molar-refractivity contribution is 7.89. The Morgan fingerprint density at radius 3 is 2.52 bits per heavy atom. The molecule has 0 radical (unpaired) electrons. The Morgan fingerprint density at radius 2 is 2.00 bits per heavy atom. The molecule has 1 aromatic carbocycles. The molecular formula is C14H23NO5S. The molecule has 0 fully saturated rings. The normalized spacial score (nSPS) is 13.3. The van der Waals surface area contributed by atoms with Crippen molar-refractivity contribution in [3.8, 4) is 0 Å². The minimum absolute atomic E-state index is 0.122. The first-order valence-electron chi connectivity index (χ1n) is 6.72. The predicted octanol–water partition coefficient (Wildman–Crippen LogP) is 0.681. The first-order chi connectivity index (χ1) is 9.98. The monoisotopic (exact) mass is 317 g/mol. The molecule has 1 atom stereocenters. The number of aliphatic hydroxyl groups is 1. The summed E-state index contributed by atoms with van der Waals surface area (Å²) in [6, 6.07) is 4.76. The van der Waals surface area contributed by atoms with Gasteiger partial charge >= 0.3 is 0 Å². The van der Waals surface area contributed by atoms with Crippen molar-refractivity contribution in [3.63, 3.8) is 0 Å². The molecule has 7 heteroatoms. The molecule has 0 aliphatic heterocycles. The molecule has 21 heavy (non-hydrogen) atoms. The minimum Gasteiger partial charge on any atom is -0.392 e. The van der Waals surface area contributed by atoms with Gasteiger partial charge in [0.1, 0.15) is 0 Å². The van der Waals surface area contributed by atoms with Crippen molar-refractivity contribution in [2.75, 3.05) is 27.4 Å². The van der Waals surface area contributed by atoms with Crippen LogP contribution in [0.2, 0.25) is 0 Å². The fourth-order valence-corrected chi connectivity index (χ4v) is 3.06. The summed E-state index contributed by atoms with van der Waals surface area (Å²) in [5.41, 5.74) is 1.56. The maximum atomic E-state index is 12.2. The molecule has 0 amide bonds. The molecule has 0 aromatic heterocycles. The van der Waals surface area contributed by atoms with E-state index in [4.69, 9.17) is 9.47 Å². The molecule has 0 bridgehead atoms. The Kier molecular flexibility index (Phi) is 7.27. The van der Waals surface area contributed by atoms with Crippen molar-refractivity contribution in [2.45, 2.75) is 31.0 Å². The van der Waals surface area contributed by atoms with Gasteiger partial charge in [-0.25, -0.2) is 13.1 Å². The van der Waals surface area contributed by atoms with Crippen LogP contribution < -0.4 is 4.72 Å². The fraction of sp³-hybridized carbons (Fsp3) is 0.571. The van der Waals surface area contributed by atoms with Gasteiger partial charge in [0, 0.05) is 20.8 Å². The lowest BCUT2D eigenvalue weighted by molar-refractivity contribution is 0.0320. The molecule has 0 aliphatic carbocycles. The van der Waals surface area contributed by atoms with Crippen LogP contribution in [0.25, 0.3) is 0 Å². The second kappa shape index (κ2) is 8.45. The van der Waals surface area contributed by atoms with Gasteiger partial charge < -0.3 is 14.6 Å². The maximum absolute atomic E-state index is 12.2. The van der Waals surface area contributed by atoms with Gasteiger partial charge in [0.2, 0.25) is 10.0 Å². The van der Waals surface area contributed by atoms with E-state index in [0.29, 0.717) is 12.2 Å². The summed E-state index contributed by atoms with van der Waals surface area (Å²) in [5, 5.41) is 9.31. The summed E-state index contributed by atoms with van der Waals surface area (Å²) in [7, 11) is -0.615. The first-order valence-corrected chi connectivity index (χ1v) is 8.20. The largest absolute Gasteiger partial charge is 0.392 e. The van der Waals surface area contributed by atoms with Crippen LogP contribution in [-0.4, -0.2) is 47.0 Å². The molecule has 0 aliphatic rings. The lowest BCUT2D eigenvalue weighted by atomic mass is 10.1. The van der Waals surface area contributed by atoms with Crippen molar-refractivity contribution in [3.05, 3.63) is 29.3 Å². The third kappa shape index (κ3) is 5.05. The van der Waals surface area contributed by atoms with Crippen molar-refractivity contribution in [2.24, 2.45) is 0 Å². The van der Waals surface area contributed by atoms with Crippen LogP contribution in [0.1, 0.15) is 18.1 Å². The number of sulfonamides is 1. The first kappa shape index (κ1) is 18.1. The number of aliphatic hydroxyl groups excluding tert-OH is 1. The average molecular weight is 317 g/mol. The van der Waals surface area contributed by atoms with Crippen molar-refractivity contribution >= 4 is 10.0 Å². The van der Waals surface area contributed by atoms with E-state index in [0.717, 1.165) is 12.0 Å². The van der Waals surface area contributed by atoms with E-state index in [2.05, 4.69) is 4.72 Å². The van der Waals surface area contributed by atoms with Gasteiger partial charge in [-0.2, -0.15) is 0 Å². The molecule has 120 valence electrons. The van der Waals surface area contributed by atoms with Gasteiger partial charge in [-0.1, -0.05) is 13.0 Å². The molecule has 0 heterocycles. The van der Waals surface area contributed by atoms with Crippen molar-refractivity contribution in [1.82, 2.24) is 4.72 Å². The Balaban J connectivity index is 2.87. The second-order valence-corrected chi connectivity index (χ2v) is 6.37. The fourth-order valence-electron chi connectivity index (χ4n) is 1.94. The van der Waals surface area contributed by atoms with Gasteiger partial charge in [0.25, 0.3) is 0 Å². The third-order valence-electron chi connectivity index (χ3n) is 3.23. The molecule has 2 N–H and O–H groups in total. The standard InChI is InChI=1S/C14H23NO5S/c1-4-11-5-6-14(7-12(11)9-16)21(17,18)15-8-13(20-3)10-19-2/h5-7,13,15-16H,4,8-10H2,1-3H3. The molecular weight excluding hydrogens is 294 g/mol. The summed E-state index contributed by atoms with van der Waals surface area (Å²) < 4.78 is 37.0. The highest BCUT2D eigenvalue weighted by atomic mass is 32.2. The zero-order valence-electron chi connectivity index (χ0n) is 12.6. The number of hydrogen-bond donors (Lipinski definition) is 2. The molecule has 0 saturated carbocycles. The van der Waals surface area contributed by atoms with E-state index in [9.17, 15) is 13.5 Å². The Hall–Kier alpha value is -0.990. The van der Waals surface area contributed by atoms with Crippen LogP contribution in [0.3, 0.4) is 0 Å². The van der Waals surface area contributed by atoms with Crippen LogP contribution in [0, 0.1) is 0 Å². The van der Waals surface area contributed by atoms with Crippen molar-refractivity contribution < 1.29 is 23.0 Å². The van der Waals surface area contributed by atoms with E-state index < -0.39 is 10.0 Å². The van der Waals surface area contributed by atoms with Crippen LogP contribution >= 0.6 is 0 Å². The molecule has 6 nitrogen and oxygen atoms in total. The highest BCUT2D eigenvalue weighted by Gasteiger charge is 2.18. The summed E-state index contributed by atoms with van der Waals surface area (Å²) in [6.45, 7) is 2.19. The van der Waals surface area contributed by atoms with Gasteiger partial charge in [0.05, 0.1) is 24.2 Å². The lowest BCUT2D eigenvalue weighted by Crippen LogP contribution is -2.35. The summed E-state index contributed by atoms with van der Waals surface area (Å²) in [5.74, 6) is 0. The second-order valence-electron chi connectivity index (χ2n) is 4.61. The molecule has 1 unspecified atom stereocenters. The van der Waals surface area contributed by atoms with Crippen LogP contribution in [0.4, 0.5) is 0 Å². The Labute approximate surface area is 126 Å². The third-order valence-corrected chi connectivity index (χ3v) is 4.65. The zero-order valence-corrected chi connectivity index (χ0v) is 13.4. The zero-order chi connectivity index (χ0) is 15.9. The number of benzene rings is 1. The van der Waals surface area contributed by atoms with Gasteiger partial charge in [0.15, 0.2) is 0 Å².